The van der Waals surface area contributed by atoms with Gasteiger partial charge in [0.25, 0.3) is 11.5 Å². The van der Waals surface area contributed by atoms with Crippen LogP contribution >= 0.6 is 0 Å². The summed E-state index contributed by atoms with van der Waals surface area (Å²) in [6.07, 6.45) is 3.98. The summed E-state index contributed by atoms with van der Waals surface area (Å²) < 4.78 is 64.9. The smallest absolute Gasteiger partial charge is 0.354 e. The van der Waals surface area contributed by atoms with Crippen LogP contribution in [0.4, 0.5) is 23.2 Å². The molecule has 0 spiro atoms. The number of carbonyl (C=O) groups excluding carboxylic acids is 2. The Bertz CT molecular complexity index is 1190. The number of ketones is 1. The molecular formula is C29H35F4N5O3. The van der Waals surface area contributed by atoms with Crippen LogP contribution in [0.5, 0.6) is 0 Å². The number of Topliss-reactive ketones (excluding diaryl/α,β-unsaturated/α-hetero) is 1. The molecule has 0 aliphatic carbocycles. The highest BCUT2D eigenvalue weighted by molar-refractivity contribution is 6.22. The number of hydrogen-bond donors (Lipinski definition) is 1. The number of hydrogen-bond acceptors (Lipinski definition) is 7. The lowest BCUT2D eigenvalue weighted by Gasteiger charge is -2.40. The molecule has 1 amide bonds. The summed E-state index contributed by atoms with van der Waals surface area (Å²) in [5, 5.41) is 14.7. The van der Waals surface area contributed by atoms with E-state index >= 15 is 0 Å². The summed E-state index contributed by atoms with van der Waals surface area (Å²) in [6.45, 7) is 1.72. The van der Waals surface area contributed by atoms with Crippen LogP contribution in [-0.2, 0) is 9.53 Å². The number of alkyl halides is 3. The Morgan fingerprint density at radius 3 is 1.90 bits per heavy atom. The fourth-order valence-corrected chi connectivity index (χ4v) is 4.69. The zero-order valence-corrected chi connectivity index (χ0v) is 23.0. The number of ether oxygens (including phenoxy) is 1. The first-order valence-corrected chi connectivity index (χ1v) is 13.9. The van der Waals surface area contributed by atoms with Crippen molar-refractivity contribution in [2.45, 2.75) is 88.6 Å². The average molecular weight is 578 g/mol. The van der Waals surface area contributed by atoms with E-state index in [-0.39, 0.29) is 12.1 Å². The van der Waals surface area contributed by atoms with Gasteiger partial charge in [0.2, 0.25) is 5.78 Å². The summed E-state index contributed by atoms with van der Waals surface area (Å²) >= 11 is 0. The highest BCUT2D eigenvalue weighted by Gasteiger charge is 2.78. The van der Waals surface area contributed by atoms with Gasteiger partial charge >= 0.3 is 11.8 Å². The van der Waals surface area contributed by atoms with Crippen LogP contribution < -0.4 is 5.32 Å². The summed E-state index contributed by atoms with van der Waals surface area (Å²) in [7, 11) is 0. The molecule has 1 unspecified atom stereocenters. The molecule has 1 aliphatic rings. The zero-order valence-electron chi connectivity index (χ0n) is 23.0. The van der Waals surface area contributed by atoms with Crippen molar-refractivity contribution in [1.29, 1.82) is 0 Å². The number of benzene rings is 2. The molecule has 0 radical (unpaired) electrons. The van der Waals surface area contributed by atoms with Gasteiger partial charge in [-0.25, -0.2) is 4.39 Å². The number of nitrogens with one attached hydrogen (secondary N) is 1. The Kier molecular flexibility index (Phi) is 11.6. The van der Waals surface area contributed by atoms with E-state index in [1.54, 1.807) is 6.07 Å². The molecule has 222 valence electrons. The first kappa shape index (κ1) is 32.0. The Morgan fingerprint density at radius 2 is 1.34 bits per heavy atom. The van der Waals surface area contributed by atoms with E-state index in [0.717, 1.165) is 44.2 Å². The fourth-order valence-electron chi connectivity index (χ4n) is 4.69. The van der Waals surface area contributed by atoms with Crippen molar-refractivity contribution in [3.05, 3.63) is 66.0 Å². The predicted octanol–water partition coefficient (Wildman–Crippen LogP) is 8.42. The molecule has 0 saturated carbocycles. The van der Waals surface area contributed by atoms with Crippen molar-refractivity contribution in [2.75, 3.05) is 11.9 Å². The predicted molar refractivity (Wildman–Crippen MR) is 145 cm³/mol. The third-order valence-electron chi connectivity index (χ3n) is 6.91. The maximum Gasteiger partial charge on any atom is 0.442 e. The normalized spacial score (nSPS) is 15.5. The second-order valence-electron chi connectivity index (χ2n) is 9.89. The van der Waals surface area contributed by atoms with Gasteiger partial charge in [-0.3, -0.25) is 9.59 Å². The second kappa shape index (κ2) is 14.9. The van der Waals surface area contributed by atoms with E-state index in [1.165, 1.54) is 55.7 Å². The highest BCUT2D eigenvalue weighted by atomic mass is 19.4. The van der Waals surface area contributed by atoms with Crippen molar-refractivity contribution in [1.82, 2.24) is 0 Å². The van der Waals surface area contributed by atoms with Crippen LogP contribution in [-0.4, -0.2) is 35.7 Å². The first-order valence-electron chi connectivity index (χ1n) is 13.9. The quantitative estimate of drug-likeness (QED) is 0.0883. The molecule has 1 aliphatic heterocycles. The Morgan fingerprint density at radius 1 is 0.805 bits per heavy atom. The van der Waals surface area contributed by atoms with Gasteiger partial charge in [-0.1, -0.05) is 95.0 Å². The number of anilines is 1. The number of rotatable bonds is 17. The van der Waals surface area contributed by atoms with E-state index in [2.05, 4.69) is 32.9 Å². The first-order chi connectivity index (χ1) is 19.7. The third kappa shape index (κ3) is 7.41. The summed E-state index contributed by atoms with van der Waals surface area (Å²) in [5.74, 6) is -4.27. The molecule has 3 rings (SSSR count). The molecule has 1 atom stereocenters. The summed E-state index contributed by atoms with van der Waals surface area (Å²) in [6, 6.07) is 11.9. The molecule has 0 bridgehead atoms. The summed E-state index contributed by atoms with van der Waals surface area (Å²) in [5.41, 5.74) is -8.10. The molecule has 8 nitrogen and oxygen atoms in total. The monoisotopic (exact) mass is 577 g/mol. The Hall–Kier alpha value is -3.54. The van der Waals surface area contributed by atoms with Crippen LogP contribution in [0.25, 0.3) is 0 Å². The van der Waals surface area contributed by atoms with Crippen LogP contribution in [0.15, 0.2) is 75.3 Å². The average Bonchev–Trinajstić information content (AvgIpc) is 3.46. The minimum atomic E-state index is -5.47. The van der Waals surface area contributed by atoms with E-state index in [9.17, 15) is 27.2 Å². The Balaban J connectivity index is 1.91. The van der Waals surface area contributed by atoms with Crippen LogP contribution in [0.2, 0.25) is 0 Å². The maximum atomic E-state index is 14.8. The van der Waals surface area contributed by atoms with E-state index in [0.29, 0.717) is 6.42 Å². The van der Waals surface area contributed by atoms with Crippen molar-refractivity contribution in [2.24, 2.45) is 20.7 Å². The van der Waals surface area contributed by atoms with Gasteiger partial charge in [-0.05, 0) is 41.1 Å². The molecular weight excluding hydrogens is 542 g/mol. The van der Waals surface area contributed by atoms with Crippen molar-refractivity contribution >= 4 is 17.4 Å². The largest absolute Gasteiger partial charge is 0.442 e. The van der Waals surface area contributed by atoms with Gasteiger partial charge < -0.3 is 10.1 Å². The van der Waals surface area contributed by atoms with Crippen LogP contribution in [0.1, 0.15) is 81.5 Å². The van der Waals surface area contributed by atoms with Crippen molar-refractivity contribution < 1.29 is 31.9 Å². The van der Waals surface area contributed by atoms with Gasteiger partial charge in [0.15, 0.2) is 0 Å². The van der Waals surface area contributed by atoms with E-state index < -0.39 is 47.1 Å². The van der Waals surface area contributed by atoms with Gasteiger partial charge in [-0.2, -0.15) is 13.2 Å². The minimum Gasteiger partial charge on any atom is -0.354 e. The highest BCUT2D eigenvalue weighted by Crippen LogP contribution is 2.49. The molecule has 0 saturated heterocycles. The zero-order chi connectivity index (χ0) is 29.8. The lowest BCUT2D eigenvalue weighted by molar-refractivity contribution is -0.232. The van der Waals surface area contributed by atoms with Gasteiger partial charge in [0.05, 0.1) is 5.56 Å². The lowest BCUT2D eigenvalue weighted by Crippen LogP contribution is -2.70. The Labute approximate surface area is 236 Å². The fraction of sp³-hybridized carbons (Fsp3) is 0.517. The van der Waals surface area contributed by atoms with Crippen LogP contribution in [0.3, 0.4) is 0 Å². The number of halogens is 4. The lowest BCUT2D eigenvalue weighted by atomic mass is 9.79. The standard InChI is InChI=1S/C29H35F4N5O3/c1-2-3-4-5-6-7-8-9-10-16-21-41-27(25(39)23-19-14-15-20-24(23)30,26(40)34-22-17-12-11-13-18-22)28(29(31,32)33)35-37-38-36-28/h11-15,17-20H,2-10,16,21H2,1H3,(H,34,40). The molecule has 2 aromatic rings. The molecule has 12 heteroatoms. The van der Waals surface area contributed by atoms with Crippen LogP contribution in [0, 0.1) is 5.82 Å². The molecule has 0 aromatic heterocycles. The number of carbonyl (C=O) groups is 2. The number of amides is 1. The number of nitrogens with zero attached hydrogens (tertiary/aromatic N) is 4. The van der Waals surface area contributed by atoms with Crippen molar-refractivity contribution in [3.63, 3.8) is 0 Å². The molecule has 2 aromatic carbocycles. The van der Waals surface area contributed by atoms with E-state index in [1.807, 2.05) is 0 Å². The maximum absolute atomic E-state index is 14.8. The van der Waals surface area contributed by atoms with Gasteiger partial charge in [0, 0.05) is 12.3 Å². The van der Waals surface area contributed by atoms with E-state index in [4.69, 9.17) is 4.74 Å². The minimum absolute atomic E-state index is 0.0787. The summed E-state index contributed by atoms with van der Waals surface area (Å²) in [4.78, 5) is 27.8. The second-order valence-corrected chi connectivity index (χ2v) is 9.89. The number of unbranched alkanes of at least 4 members (excludes halogenated alkanes) is 9. The van der Waals surface area contributed by atoms with Gasteiger partial charge in [-0.15, -0.1) is 10.2 Å². The molecule has 0 fully saturated rings. The molecule has 41 heavy (non-hydrogen) atoms. The SMILES string of the molecule is CCCCCCCCCCCCOC(C(=O)Nc1ccccc1)(C(=O)c1ccccc1F)C1(C(F)(F)F)N=NN=N1. The van der Waals surface area contributed by atoms with Crippen molar-refractivity contribution in [3.8, 4) is 0 Å². The van der Waals surface area contributed by atoms with Gasteiger partial charge in [0.1, 0.15) is 5.82 Å². The molecule has 1 heterocycles. The topological polar surface area (TPSA) is 105 Å². The molecule has 1 N–H and O–H groups in total. The third-order valence-corrected chi connectivity index (χ3v) is 6.91. The number of para-hydroxylation sites is 1.